The van der Waals surface area contributed by atoms with Gasteiger partial charge in [-0.05, 0) is 25.0 Å². The highest BCUT2D eigenvalue weighted by Crippen LogP contribution is 2.53. The number of anilines is 1. The zero-order valence-corrected chi connectivity index (χ0v) is 10.8. The Labute approximate surface area is 110 Å². The smallest absolute Gasteiger partial charge is 0.388 e. The molecule has 20 heavy (non-hydrogen) atoms. The third-order valence-electron chi connectivity index (χ3n) is 2.96. The summed E-state index contributed by atoms with van der Waals surface area (Å²) in [5, 5.41) is 2.63. The standard InChI is InChI=1S/C12H12F7N/c1-6-4-8(5-7(2)9(6)20-3)10(13,11(14,15)16)12(17,18)19/h4-5,20H,1-3H3. The lowest BCUT2D eigenvalue weighted by atomic mass is 9.90. The van der Waals surface area contributed by atoms with Gasteiger partial charge in [-0.2, -0.15) is 26.3 Å². The topological polar surface area (TPSA) is 12.0 Å². The Morgan fingerprint density at radius 1 is 0.800 bits per heavy atom. The van der Waals surface area contributed by atoms with Crippen LogP contribution in [0.3, 0.4) is 0 Å². The van der Waals surface area contributed by atoms with E-state index in [0.29, 0.717) is 17.8 Å². The van der Waals surface area contributed by atoms with Crippen LogP contribution in [0.2, 0.25) is 0 Å². The van der Waals surface area contributed by atoms with Gasteiger partial charge in [0.1, 0.15) is 0 Å². The van der Waals surface area contributed by atoms with E-state index in [1.165, 1.54) is 20.9 Å². The summed E-state index contributed by atoms with van der Waals surface area (Å²) in [6.07, 6.45) is -12.2. The van der Waals surface area contributed by atoms with Crippen molar-refractivity contribution in [1.82, 2.24) is 0 Å². The summed E-state index contributed by atoms with van der Waals surface area (Å²) in [6, 6.07) is 1.11. The molecule has 1 N–H and O–H groups in total. The molecule has 0 radical (unpaired) electrons. The number of aryl methyl sites for hydroxylation is 2. The first kappa shape index (κ1) is 16.6. The summed E-state index contributed by atoms with van der Waals surface area (Å²) in [5.41, 5.74) is -6.30. The molecule has 0 amide bonds. The first-order chi connectivity index (χ1) is 8.86. The predicted octanol–water partition coefficient (Wildman–Crippen LogP) is 4.63. The molecular weight excluding hydrogens is 291 g/mol. The number of benzene rings is 1. The van der Waals surface area contributed by atoms with Crippen LogP contribution in [0, 0.1) is 13.8 Å². The van der Waals surface area contributed by atoms with Crippen LogP contribution < -0.4 is 5.32 Å². The first-order valence-electron chi connectivity index (χ1n) is 5.48. The van der Waals surface area contributed by atoms with Gasteiger partial charge in [0.15, 0.2) is 0 Å². The van der Waals surface area contributed by atoms with E-state index in [4.69, 9.17) is 0 Å². The SMILES string of the molecule is CNc1c(C)cc(C(F)(C(F)(F)F)C(F)(F)F)cc1C. The number of hydrogen-bond donors (Lipinski definition) is 1. The predicted molar refractivity (Wildman–Crippen MR) is 60.4 cm³/mol. The van der Waals surface area contributed by atoms with Crippen LogP contribution in [-0.4, -0.2) is 19.4 Å². The molecule has 0 aliphatic heterocycles. The van der Waals surface area contributed by atoms with Crippen LogP contribution in [-0.2, 0) is 5.67 Å². The number of hydrogen-bond acceptors (Lipinski definition) is 1. The molecule has 0 fully saturated rings. The number of rotatable bonds is 2. The summed E-state index contributed by atoms with van der Waals surface area (Å²) >= 11 is 0. The molecule has 0 heterocycles. The van der Waals surface area contributed by atoms with E-state index in [1.807, 2.05) is 0 Å². The van der Waals surface area contributed by atoms with Crippen LogP contribution in [0.25, 0.3) is 0 Å². The Morgan fingerprint density at radius 2 is 1.15 bits per heavy atom. The van der Waals surface area contributed by atoms with E-state index in [9.17, 15) is 30.7 Å². The van der Waals surface area contributed by atoms with Gasteiger partial charge in [-0.3, -0.25) is 0 Å². The zero-order valence-electron chi connectivity index (χ0n) is 10.8. The molecule has 0 saturated heterocycles. The number of alkyl halides is 7. The Kier molecular flexibility index (Phi) is 4.00. The van der Waals surface area contributed by atoms with Crippen molar-refractivity contribution in [3.63, 3.8) is 0 Å². The lowest BCUT2D eigenvalue weighted by Gasteiger charge is -2.31. The van der Waals surface area contributed by atoms with E-state index < -0.39 is 23.6 Å². The van der Waals surface area contributed by atoms with Crippen LogP contribution in [0.5, 0.6) is 0 Å². The molecule has 1 rings (SSSR count). The minimum Gasteiger partial charge on any atom is -0.388 e. The highest BCUT2D eigenvalue weighted by atomic mass is 19.4. The van der Waals surface area contributed by atoms with Gasteiger partial charge < -0.3 is 5.32 Å². The zero-order chi connectivity index (χ0) is 15.9. The molecule has 1 nitrogen and oxygen atoms in total. The fourth-order valence-electron chi connectivity index (χ4n) is 2.04. The Hall–Kier alpha value is -1.47. The van der Waals surface area contributed by atoms with E-state index in [1.54, 1.807) is 0 Å². The van der Waals surface area contributed by atoms with Crippen LogP contribution in [0.15, 0.2) is 12.1 Å². The fourth-order valence-corrected chi connectivity index (χ4v) is 2.04. The molecule has 0 aliphatic carbocycles. The van der Waals surface area contributed by atoms with Crippen molar-refractivity contribution >= 4 is 5.69 Å². The maximum absolute atomic E-state index is 13.9. The molecule has 114 valence electrons. The minimum atomic E-state index is -6.09. The lowest BCUT2D eigenvalue weighted by Crippen LogP contribution is -2.50. The van der Waals surface area contributed by atoms with Gasteiger partial charge in [-0.25, -0.2) is 4.39 Å². The summed E-state index contributed by atoms with van der Waals surface area (Å²) in [6.45, 7) is 2.60. The van der Waals surface area contributed by atoms with Gasteiger partial charge in [0.2, 0.25) is 0 Å². The molecule has 1 aromatic carbocycles. The third-order valence-corrected chi connectivity index (χ3v) is 2.96. The maximum Gasteiger partial charge on any atom is 0.435 e. The van der Waals surface area contributed by atoms with Gasteiger partial charge in [0.25, 0.3) is 0 Å². The number of halogens is 7. The van der Waals surface area contributed by atoms with Gasteiger partial charge >= 0.3 is 18.0 Å². The fraction of sp³-hybridized carbons (Fsp3) is 0.500. The van der Waals surface area contributed by atoms with Gasteiger partial charge in [0, 0.05) is 18.3 Å². The molecule has 8 heteroatoms. The average Bonchev–Trinajstić information content (AvgIpc) is 2.24. The average molecular weight is 303 g/mol. The summed E-state index contributed by atoms with van der Waals surface area (Å²) in [4.78, 5) is 0. The molecule has 0 bridgehead atoms. The van der Waals surface area contributed by atoms with Crippen molar-refractivity contribution < 1.29 is 30.7 Å². The summed E-state index contributed by atoms with van der Waals surface area (Å²) in [7, 11) is 1.46. The normalized spacial score (nSPS) is 13.5. The molecule has 0 aliphatic rings. The van der Waals surface area contributed by atoms with Gasteiger partial charge in [-0.15, -0.1) is 0 Å². The number of nitrogens with one attached hydrogen (secondary N) is 1. The van der Waals surface area contributed by atoms with Crippen molar-refractivity contribution in [3.05, 3.63) is 28.8 Å². The molecule has 0 unspecified atom stereocenters. The van der Waals surface area contributed by atoms with Crippen molar-refractivity contribution in [2.75, 3.05) is 12.4 Å². The largest absolute Gasteiger partial charge is 0.435 e. The Bertz CT molecular complexity index is 465. The van der Waals surface area contributed by atoms with Crippen molar-refractivity contribution in [3.8, 4) is 0 Å². The molecule has 0 atom stereocenters. The molecule has 0 spiro atoms. The van der Waals surface area contributed by atoms with Crippen LogP contribution in [0.4, 0.5) is 36.4 Å². The van der Waals surface area contributed by atoms with Crippen molar-refractivity contribution in [1.29, 1.82) is 0 Å². The highest BCUT2D eigenvalue weighted by Gasteiger charge is 2.73. The van der Waals surface area contributed by atoms with Crippen LogP contribution >= 0.6 is 0 Å². The maximum atomic E-state index is 13.9. The highest BCUT2D eigenvalue weighted by molar-refractivity contribution is 5.58. The second-order valence-electron chi connectivity index (χ2n) is 4.39. The van der Waals surface area contributed by atoms with E-state index >= 15 is 0 Å². The first-order valence-corrected chi connectivity index (χ1v) is 5.48. The van der Waals surface area contributed by atoms with Gasteiger partial charge in [-0.1, -0.05) is 12.1 Å². The Balaban J connectivity index is 3.61. The van der Waals surface area contributed by atoms with Crippen molar-refractivity contribution in [2.24, 2.45) is 0 Å². The van der Waals surface area contributed by atoms with Gasteiger partial charge in [0.05, 0.1) is 0 Å². The quantitative estimate of drug-likeness (QED) is 0.785. The molecule has 1 aromatic rings. The second-order valence-corrected chi connectivity index (χ2v) is 4.39. The summed E-state index contributed by atoms with van der Waals surface area (Å²) < 4.78 is 89.6. The second kappa shape index (κ2) is 4.82. The monoisotopic (exact) mass is 303 g/mol. The molecular formula is C12H12F7N. The Morgan fingerprint density at radius 3 is 1.40 bits per heavy atom. The van der Waals surface area contributed by atoms with E-state index in [0.717, 1.165) is 0 Å². The third kappa shape index (κ3) is 2.43. The van der Waals surface area contributed by atoms with Crippen molar-refractivity contribution in [2.45, 2.75) is 31.9 Å². The minimum absolute atomic E-state index is 0.0954. The molecule has 0 saturated carbocycles. The molecule has 0 aromatic heterocycles. The van der Waals surface area contributed by atoms with Crippen LogP contribution in [0.1, 0.15) is 16.7 Å². The van der Waals surface area contributed by atoms with E-state index in [2.05, 4.69) is 5.32 Å². The van der Waals surface area contributed by atoms with E-state index in [-0.39, 0.29) is 11.1 Å². The lowest BCUT2D eigenvalue weighted by molar-refractivity contribution is -0.348. The summed E-state index contributed by atoms with van der Waals surface area (Å²) in [5.74, 6) is 0.